The number of benzene rings is 2. The summed E-state index contributed by atoms with van der Waals surface area (Å²) in [6.45, 7) is 2.40. The monoisotopic (exact) mass is 308 g/mol. The first-order valence-electron chi connectivity index (χ1n) is 7.86. The van der Waals surface area contributed by atoms with E-state index in [2.05, 4.69) is 5.32 Å². The van der Waals surface area contributed by atoms with Crippen molar-refractivity contribution in [3.8, 4) is 0 Å². The minimum absolute atomic E-state index is 0.00344. The maximum atomic E-state index is 12.5. The quantitative estimate of drug-likeness (QED) is 0.944. The van der Waals surface area contributed by atoms with Gasteiger partial charge in [0, 0.05) is 18.7 Å². The fourth-order valence-corrected chi connectivity index (χ4v) is 2.90. The highest BCUT2D eigenvalue weighted by Crippen LogP contribution is 2.25. The van der Waals surface area contributed by atoms with E-state index in [-0.39, 0.29) is 30.2 Å². The van der Waals surface area contributed by atoms with Gasteiger partial charge in [-0.05, 0) is 24.6 Å². The Morgan fingerprint density at radius 2 is 1.70 bits per heavy atom. The van der Waals surface area contributed by atoms with Crippen molar-refractivity contribution < 1.29 is 9.59 Å². The molecule has 1 saturated heterocycles. The Morgan fingerprint density at radius 3 is 2.35 bits per heavy atom. The predicted molar refractivity (Wildman–Crippen MR) is 89.9 cm³/mol. The molecule has 2 amide bonds. The number of anilines is 1. The summed E-state index contributed by atoms with van der Waals surface area (Å²) in [6.07, 6.45) is 0.266. The van der Waals surface area contributed by atoms with Gasteiger partial charge < -0.3 is 10.2 Å². The molecule has 118 valence electrons. The number of nitrogens with one attached hydrogen (secondary N) is 1. The fourth-order valence-electron chi connectivity index (χ4n) is 2.90. The lowest BCUT2D eigenvalue weighted by atomic mass is 10.1. The second-order valence-electron chi connectivity index (χ2n) is 5.88. The summed E-state index contributed by atoms with van der Waals surface area (Å²) in [5, 5.41) is 3.01. The van der Waals surface area contributed by atoms with Gasteiger partial charge in [-0.15, -0.1) is 0 Å². The molecule has 2 aromatic rings. The highest BCUT2D eigenvalue weighted by atomic mass is 16.2. The number of para-hydroxylation sites is 1. The zero-order valence-corrected chi connectivity index (χ0v) is 13.1. The van der Waals surface area contributed by atoms with E-state index in [4.69, 9.17) is 0 Å². The van der Waals surface area contributed by atoms with E-state index >= 15 is 0 Å². The van der Waals surface area contributed by atoms with Gasteiger partial charge in [0.2, 0.25) is 11.8 Å². The molecule has 3 rings (SSSR count). The molecule has 0 bridgehead atoms. The van der Waals surface area contributed by atoms with Gasteiger partial charge in [-0.25, -0.2) is 0 Å². The Bertz CT molecular complexity index is 685. The average Bonchev–Trinajstić information content (AvgIpc) is 2.98. The molecule has 0 aromatic heterocycles. The summed E-state index contributed by atoms with van der Waals surface area (Å²) in [6, 6.07) is 19.3. The van der Waals surface area contributed by atoms with Gasteiger partial charge in [0.15, 0.2) is 0 Å². The first kappa shape index (κ1) is 15.3. The van der Waals surface area contributed by atoms with E-state index in [0.717, 1.165) is 11.3 Å². The molecule has 1 heterocycles. The molecule has 2 atom stereocenters. The number of carbonyl (C=O) groups is 2. The van der Waals surface area contributed by atoms with Gasteiger partial charge in [0.1, 0.15) is 0 Å². The number of nitrogens with zero attached hydrogens (tertiary/aromatic N) is 1. The van der Waals surface area contributed by atoms with Crippen LogP contribution in [0.3, 0.4) is 0 Å². The first-order chi connectivity index (χ1) is 11.1. The standard InChI is InChI=1S/C19H20N2O2/c1-14(15-8-4-2-5-9-15)20-19(23)16-12-18(22)21(13-16)17-10-6-3-7-11-17/h2-11,14,16H,12-13H2,1H3,(H,20,23)/t14-,16?/m0/s1. The van der Waals surface area contributed by atoms with Crippen LogP contribution in [0.25, 0.3) is 0 Å². The normalized spacial score (nSPS) is 18.7. The van der Waals surface area contributed by atoms with Crippen LogP contribution in [-0.2, 0) is 9.59 Å². The van der Waals surface area contributed by atoms with Crippen molar-refractivity contribution in [2.75, 3.05) is 11.4 Å². The highest BCUT2D eigenvalue weighted by Gasteiger charge is 2.35. The Morgan fingerprint density at radius 1 is 1.09 bits per heavy atom. The molecule has 1 N–H and O–H groups in total. The maximum Gasteiger partial charge on any atom is 0.227 e. The van der Waals surface area contributed by atoms with Crippen molar-refractivity contribution in [1.29, 1.82) is 0 Å². The molecule has 0 saturated carbocycles. The van der Waals surface area contributed by atoms with Gasteiger partial charge in [0.25, 0.3) is 0 Å². The number of amides is 2. The minimum Gasteiger partial charge on any atom is -0.349 e. The summed E-state index contributed by atoms with van der Waals surface area (Å²) in [7, 11) is 0. The van der Waals surface area contributed by atoms with Gasteiger partial charge in [0.05, 0.1) is 12.0 Å². The number of rotatable bonds is 4. The second kappa shape index (κ2) is 6.65. The molecule has 0 aliphatic carbocycles. The smallest absolute Gasteiger partial charge is 0.227 e. The summed E-state index contributed by atoms with van der Waals surface area (Å²) in [5.74, 6) is -0.356. The maximum absolute atomic E-state index is 12.5. The van der Waals surface area contributed by atoms with Crippen molar-refractivity contribution in [2.45, 2.75) is 19.4 Å². The zero-order valence-electron chi connectivity index (χ0n) is 13.1. The zero-order chi connectivity index (χ0) is 16.2. The summed E-state index contributed by atoms with van der Waals surface area (Å²) in [4.78, 5) is 26.3. The van der Waals surface area contributed by atoms with Crippen LogP contribution in [0.5, 0.6) is 0 Å². The van der Waals surface area contributed by atoms with E-state index < -0.39 is 0 Å². The van der Waals surface area contributed by atoms with Gasteiger partial charge in [-0.3, -0.25) is 9.59 Å². The third-order valence-electron chi connectivity index (χ3n) is 4.22. The van der Waals surface area contributed by atoms with E-state index in [1.165, 1.54) is 0 Å². The molecule has 0 spiro atoms. The number of carbonyl (C=O) groups excluding carboxylic acids is 2. The number of hydrogen-bond donors (Lipinski definition) is 1. The molecular formula is C19H20N2O2. The second-order valence-corrected chi connectivity index (χ2v) is 5.88. The molecule has 23 heavy (non-hydrogen) atoms. The van der Waals surface area contributed by atoms with Crippen molar-refractivity contribution in [3.05, 3.63) is 66.2 Å². The predicted octanol–water partition coefficient (Wildman–Crippen LogP) is 2.92. The topological polar surface area (TPSA) is 49.4 Å². The van der Waals surface area contributed by atoms with E-state index in [0.29, 0.717) is 6.54 Å². The Hall–Kier alpha value is -2.62. The molecule has 1 fully saturated rings. The average molecular weight is 308 g/mol. The largest absolute Gasteiger partial charge is 0.349 e. The summed E-state index contributed by atoms with van der Waals surface area (Å²) >= 11 is 0. The van der Waals surface area contributed by atoms with E-state index in [1.807, 2.05) is 67.6 Å². The third-order valence-corrected chi connectivity index (χ3v) is 4.22. The Labute approximate surface area is 136 Å². The molecule has 2 aromatic carbocycles. The van der Waals surface area contributed by atoms with Crippen molar-refractivity contribution in [2.24, 2.45) is 5.92 Å². The van der Waals surface area contributed by atoms with Crippen LogP contribution in [0.15, 0.2) is 60.7 Å². The Balaban J connectivity index is 1.64. The SMILES string of the molecule is C[C@H](NC(=O)C1CC(=O)N(c2ccccc2)C1)c1ccccc1. The van der Waals surface area contributed by atoms with Crippen LogP contribution in [0.4, 0.5) is 5.69 Å². The molecule has 1 aliphatic heterocycles. The van der Waals surface area contributed by atoms with Crippen LogP contribution in [0.1, 0.15) is 24.9 Å². The first-order valence-corrected chi connectivity index (χ1v) is 7.86. The molecule has 1 aliphatic rings. The van der Waals surface area contributed by atoms with Crippen molar-refractivity contribution in [3.63, 3.8) is 0 Å². The number of hydrogen-bond acceptors (Lipinski definition) is 2. The van der Waals surface area contributed by atoms with E-state index in [1.54, 1.807) is 4.90 Å². The van der Waals surface area contributed by atoms with E-state index in [9.17, 15) is 9.59 Å². The highest BCUT2D eigenvalue weighted by molar-refractivity contribution is 6.00. The van der Waals surface area contributed by atoms with Crippen LogP contribution < -0.4 is 10.2 Å². The third kappa shape index (κ3) is 3.42. The molecule has 4 nitrogen and oxygen atoms in total. The molecule has 0 radical (unpaired) electrons. The minimum atomic E-state index is -0.297. The molecule has 1 unspecified atom stereocenters. The summed E-state index contributed by atoms with van der Waals surface area (Å²) in [5.41, 5.74) is 1.91. The van der Waals surface area contributed by atoms with Crippen molar-refractivity contribution in [1.82, 2.24) is 5.32 Å². The lowest BCUT2D eigenvalue weighted by Gasteiger charge is -2.18. The molecule has 4 heteroatoms. The van der Waals surface area contributed by atoms with Crippen molar-refractivity contribution >= 4 is 17.5 Å². The van der Waals surface area contributed by atoms with Crippen LogP contribution in [0, 0.1) is 5.92 Å². The van der Waals surface area contributed by atoms with Gasteiger partial charge in [-0.1, -0.05) is 48.5 Å². The fraction of sp³-hybridized carbons (Fsp3) is 0.263. The van der Waals surface area contributed by atoms with Gasteiger partial charge >= 0.3 is 0 Å². The Kier molecular flexibility index (Phi) is 4.42. The lowest BCUT2D eigenvalue weighted by Crippen LogP contribution is -2.34. The van der Waals surface area contributed by atoms with Crippen LogP contribution >= 0.6 is 0 Å². The van der Waals surface area contributed by atoms with Crippen LogP contribution in [0.2, 0.25) is 0 Å². The van der Waals surface area contributed by atoms with Crippen LogP contribution in [-0.4, -0.2) is 18.4 Å². The summed E-state index contributed by atoms with van der Waals surface area (Å²) < 4.78 is 0. The molecular weight excluding hydrogens is 288 g/mol. The lowest BCUT2D eigenvalue weighted by molar-refractivity contribution is -0.126. The van der Waals surface area contributed by atoms with Gasteiger partial charge in [-0.2, -0.15) is 0 Å².